The van der Waals surface area contributed by atoms with Gasteiger partial charge < -0.3 is 20.1 Å². The van der Waals surface area contributed by atoms with Crippen LogP contribution in [0.25, 0.3) is 0 Å². The van der Waals surface area contributed by atoms with Crippen LogP contribution in [-0.4, -0.2) is 52.5 Å². The van der Waals surface area contributed by atoms with Crippen molar-refractivity contribution in [2.75, 3.05) is 40.5 Å². The van der Waals surface area contributed by atoms with Crippen molar-refractivity contribution in [1.82, 2.24) is 10.6 Å². The molecule has 0 aliphatic carbocycles. The molecular formula is C10H23N3O2. The Hall–Kier alpha value is -0.810. The zero-order valence-corrected chi connectivity index (χ0v) is 10.2. The van der Waals surface area contributed by atoms with Crippen molar-refractivity contribution < 1.29 is 9.47 Å². The summed E-state index contributed by atoms with van der Waals surface area (Å²) in [6.07, 6.45) is 0. The van der Waals surface area contributed by atoms with Crippen LogP contribution in [-0.2, 0) is 9.47 Å². The second kappa shape index (κ2) is 9.73. The Balaban J connectivity index is 3.39. The maximum Gasteiger partial charge on any atom is 0.191 e. The molecule has 0 aliphatic rings. The molecule has 2 N–H and O–H groups in total. The molecule has 0 heterocycles. The predicted octanol–water partition coefficient (Wildman–Crippen LogP) is 0.223. The summed E-state index contributed by atoms with van der Waals surface area (Å²) in [5.74, 6) is 0.806. The van der Waals surface area contributed by atoms with Gasteiger partial charge in [0.2, 0.25) is 0 Å². The molecule has 0 aliphatic heterocycles. The molecule has 0 saturated carbocycles. The maximum atomic E-state index is 5.30. The summed E-state index contributed by atoms with van der Waals surface area (Å²) < 4.78 is 10.2. The first-order valence-corrected chi connectivity index (χ1v) is 5.24. The minimum atomic E-state index is 0.380. The molecular weight excluding hydrogens is 194 g/mol. The van der Waals surface area contributed by atoms with Crippen LogP contribution in [0, 0.1) is 0 Å². The van der Waals surface area contributed by atoms with Crippen LogP contribution >= 0.6 is 0 Å². The van der Waals surface area contributed by atoms with Gasteiger partial charge in [-0.2, -0.15) is 0 Å². The smallest absolute Gasteiger partial charge is 0.191 e. The van der Waals surface area contributed by atoms with Gasteiger partial charge in [0, 0.05) is 26.7 Å². The predicted molar refractivity (Wildman–Crippen MR) is 62.3 cm³/mol. The Labute approximate surface area is 92.2 Å². The monoisotopic (exact) mass is 217 g/mol. The minimum absolute atomic E-state index is 0.380. The lowest BCUT2D eigenvalue weighted by Gasteiger charge is -2.14. The van der Waals surface area contributed by atoms with E-state index in [1.807, 2.05) is 0 Å². The minimum Gasteiger partial charge on any atom is -0.382 e. The van der Waals surface area contributed by atoms with Crippen LogP contribution in [0.4, 0.5) is 0 Å². The van der Waals surface area contributed by atoms with E-state index in [4.69, 9.17) is 9.47 Å². The summed E-state index contributed by atoms with van der Waals surface area (Å²) in [6.45, 7) is 6.81. The van der Waals surface area contributed by atoms with Gasteiger partial charge in [-0.1, -0.05) is 0 Å². The molecule has 0 aromatic rings. The largest absolute Gasteiger partial charge is 0.382 e. The molecule has 5 nitrogen and oxygen atoms in total. The van der Waals surface area contributed by atoms with Crippen molar-refractivity contribution in [3.05, 3.63) is 0 Å². The van der Waals surface area contributed by atoms with E-state index in [0.29, 0.717) is 25.9 Å². The quantitative estimate of drug-likeness (QED) is 0.364. The van der Waals surface area contributed by atoms with Gasteiger partial charge in [-0.3, -0.25) is 4.99 Å². The number of rotatable bonds is 7. The van der Waals surface area contributed by atoms with Crippen molar-refractivity contribution >= 4 is 5.96 Å². The Bertz CT molecular complexity index is 172. The number of aliphatic imine (C=N–C) groups is 1. The SMILES string of the molecule is CN=C(NCCOCCOC)NC(C)C. The van der Waals surface area contributed by atoms with Gasteiger partial charge in [-0.05, 0) is 13.8 Å². The van der Waals surface area contributed by atoms with Crippen LogP contribution in [0.3, 0.4) is 0 Å². The molecule has 15 heavy (non-hydrogen) atoms. The normalized spacial score (nSPS) is 11.9. The van der Waals surface area contributed by atoms with Gasteiger partial charge in [-0.15, -0.1) is 0 Å². The highest BCUT2D eigenvalue weighted by Gasteiger charge is 1.98. The number of hydrogen-bond acceptors (Lipinski definition) is 3. The van der Waals surface area contributed by atoms with E-state index in [1.54, 1.807) is 14.2 Å². The van der Waals surface area contributed by atoms with E-state index in [9.17, 15) is 0 Å². The lowest BCUT2D eigenvalue weighted by Crippen LogP contribution is -2.42. The van der Waals surface area contributed by atoms with Crippen LogP contribution in [0.1, 0.15) is 13.8 Å². The van der Waals surface area contributed by atoms with Crippen LogP contribution in [0.2, 0.25) is 0 Å². The molecule has 0 aromatic heterocycles. The molecule has 0 spiro atoms. The number of nitrogens with one attached hydrogen (secondary N) is 2. The average molecular weight is 217 g/mol. The summed E-state index contributed by atoms with van der Waals surface area (Å²) in [7, 11) is 3.42. The van der Waals surface area contributed by atoms with Crippen molar-refractivity contribution in [3.63, 3.8) is 0 Å². The van der Waals surface area contributed by atoms with Crippen molar-refractivity contribution in [2.45, 2.75) is 19.9 Å². The topological polar surface area (TPSA) is 54.9 Å². The van der Waals surface area contributed by atoms with Crippen molar-refractivity contribution in [1.29, 1.82) is 0 Å². The highest BCUT2D eigenvalue weighted by Crippen LogP contribution is 1.78. The van der Waals surface area contributed by atoms with Gasteiger partial charge in [0.05, 0.1) is 19.8 Å². The Morgan fingerprint density at radius 3 is 2.53 bits per heavy atom. The van der Waals surface area contributed by atoms with Crippen molar-refractivity contribution in [2.24, 2.45) is 4.99 Å². The van der Waals surface area contributed by atoms with Gasteiger partial charge >= 0.3 is 0 Å². The molecule has 0 rings (SSSR count). The van der Waals surface area contributed by atoms with Gasteiger partial charge in [0.15, 0.2) is 5.96 Å². The van der Waals surface area contributed by atoms with E-state index < -0.39 is 0 Å². The second-order valence-corrected chi connectivity index (χ2v) is 3.40. The molecule has 5 heteroatoms. The Morgan fingerprint density at radius 2 is 2.00 bits per heavy atom. The molecule has 0 radical (unpaired) electrons. The first-order valence-electron chi connectivity index (χ1n) is 5.24. The molecule has 0 bridgehead atoms. The van der Waals surface area contributed by atoms with E-state index in [2.05, 4.69) is 29.5 Å². The standard InChI is InChI=1S/C10H23N3O2/c1-9(2)13-10(11-3)12-5-6-15-8-7-14-4/h9H,5-8H2,1-4H3,(H2,11,12,13). The van der Waals surface area contributed by atoms with Crippen molar-refractivity contribution in [3.8, 4) is 0 Å². The highest BCUT2D eigenvalue weighted by atomic mass is 16.5. The molecule has 0 fully saturated rings. The molecule has 0 unspecified atom stereocenters. The maximum absolute atomic E-state index is 5.30. The van der Waals surface area contributed by atoms with Gasteiger partial charge in [0.1, 0.15) is 0 Å². The third-order valence-corrected chi connectivity index (χ3v) is 1.62. The molecule has 90 valence electrons. The third-order valence-electron chi connectivity index (χ3n) is 1.62. The number of guanidine groups is 1. The lowest BCUT2D eigenvalue weighted by atomic mass is 10.4. The molecule has 0 amide bonds. The van der Waals surface area contributed by atoms with Crippen LogP contribution in [0.5, 0.6) is 0 Å². The summed E-state index contributed by atoms with van der Waals surface area (Å²) in [6, 6.07) is 0.380. The molecule has 0 saturated heterocycles. The Kier molecular flexibility index (Phi) is 9.21. The highest BCUT2D eigenvalue weighted by molar-refractivity contribution is 5.79. The van der Waals surface area contributed by atoms with E-state index in [-0.39, 0.29) is 0 Å². The molecule has 0 aromatic carbocycles. The fourth-order valence-corrected chi connectivity index (χ4v) is 0.954. The summed E-state index contributed by atoms with van der Waals surface area (Å²) >= 11 is 0. The first kappa shape index (κ1) is 14.2. The van der Waals surface area contributed by atoms with E-state index >= 15 is 0 Å². The van der Waals surface area contributed by atoms with E-state index in [1.165, 1.54) is 0 Å². The second-order valence-electron chi connectivity index (χ2n) is 3.40. The summed E-state index contributed by atoms with van der Waals surface area (Å²) in [5, 5.41) is 6.34. The molecule has 0 atom stereocenters. The van der Waals surface area contributed by atoms with Gasteiger partial charge in [0.25, 0.3) is 0 Å². The zero-order chi connectivity index (χ0) is 11.5. The number of methoxy groups -OCH3 is 1. The van der Waals surface area contributed by atoms with E-state index in [0.717, 1.165) is 12.5 Å². The Morgan fingerprint density at radius 1 is 1.27 bits per heavy atom. The average Bonchev–Trinajstić information content (AvgIpc) is 2.20. The third kappa shape index (κ3) is 9.49. The number of hydrogen-bond donors (Lipinski definition) is 2. The zero-order valence-electron chi connectivity index (χ0n) is 10.2. The summed E-state index contributed by atoms with van der Waals surface area (Å²) in [4.78, 5) is 4.08. The van der Waals surface area contributed by atoms with Gasteiger partial charge in [-0.25, -0.2) is 0 Å². The summed E-state index contributed by atoms with van der Waals surface area (Å²) in [5.41, 5.74) is 0. The van der Waals surface area contributed by atoms with Crippen LogP contribution < -0.4 is 10.6 Å². The van der Waals surface area contributed by atoms with Crippen LogP contribution in [0.15, 0.2) is 4.99 Å². The fraction of sp³-hybridized carbons (Fsp3) is 0.900. The number of nitrogens with zero attached hydrogens (tertiary/aromatic N) is 1. The first-order chi connectivity index (χ1) is 7.20. The number of ether oxygens (including phenoxy) is 2. The fourth-order valence-electron chi connectivity index (χ4n) is 0.954. The lowest BCUT2D eigenvalue weighted by molar-refractivity contribution is 0.0733.